The van der Waals surface area contributed by atoms with Crippen LogP contribution in [-0.2, 0) is 9.59 Å². The second-order valence-electron chi connectivity index (χ2n) is 8.79. The molecule has 0 saturated heterocycles. The van der Waals surface area contributed by atoms with E-state index in [4.69, 9.17) is 10.2 Å². The van der Waals surface area contributed by atoms with Gasteiger partial charge in [-0.25, -0.2) is 20.2 Å². The predicted octanol–water partition coefficient (Wildman–Crippen LogP) is 5.12. The van der Waals surface area contributed by atoms with E-state index in [1.165, 1.54) is 12.4 Å². The minimum Gasteiger partial charge on any atom is -0.262 e. The number of carbonyl (C=O) groups is 2. The molecule has 0 unspecified atom stereocenters. The van der Waals surface area contributed by atoms with Gasteiger partial charge >= 0.3 is 11.8 Å². The molecule has 0 bridgehead atoms. The first-order chi connectivity index (χ1) is 20.7. The normalized spacial score (nSPS) is 11.3. The van der Waals surface area contributed by atoms with Gasteiger partial charge < -0.3 is 0 Å². The highest BCUT2D eigenvalue weighted by molar-refractivity contribution is 7.12. The fraction of sp³-hybridized carbons (Fsp3) is 0. The zero-order valence-electron chi connectivity index (χ0n) is 21.9. The average molecular weight is 591 g/mol. The molecular formula is C30H22N8O2S2. The molecule has 206 valence electrons. The zero-order valence-corrected chi connectivity index (χ0v) is 23.5. The molecule has 6 aromatic rings. The number of benzene rings is 2. The summed E-state index contributed by atoms with van der Waals surface area (Å²) in [6.07, 6.45) is 6.54. The van der Waals surface area contributed by atoms with Gasteiger partial charge in [-0.3, -0.25) is 9.59 Å². The second kappa shape index (κ2) is 12.4. The van der Waals surface area contributed by atoms with Gasteiger partial charge in [0.25, 0.3) is 0 Å². The van der Waals surface area contributed by atoms with Crippen LogP contribution in [0, 0.1) is 0 Å². The Morgan fingerprint density at radius 1 is 0.619 bits per heavy atom. The van der Waals surface area contributed by atoms with Gasteiger partial charge in [0, 0.05) is 34.6 Å². The first-order valence-electron chi connectivity index (χ1n) is 12.7. The van der Waals surface area contributed by atoms with E-state index in [9.17, 15) is 9.59 Å². The lowest BCUT2D eigenvalue weighted by atomic mass is 10.1. The van der Waals surface area contributed by atoms with Gasteiger partial charge in [-0.05, 0) is 35.0 Å². The summed E-state index contributed by atoms with van der Waals surface area (Å²) in [5.74, 6) is -1.93. The van der Waals surface area contributed by atoms with Crippen molar-refractivity contribution in [3.05, 3.63) is 119 Å². The van der Waals surface area contributed by atoms with Crippen LogP contribution >= 0.6 is 22.7 Å². The van der Waals surface area contributed by atoms with Crippen molar-refractivity contribution >= 4 is 46.9 Å². The number of nitrogens with zero attached hydrogens (tertiary/aromatic N) is 6. The molecule has 4 heterocycles. The Morgan fingerprint density at radius 3 is 1.43 bits per heavy atom. The molecule has 0 atom stereocenters. The van der Waals surface area contributed by atoms with E-state index in [-0.39, 0.29) is 0 Å². The van der Waals surface area contributed by atoms with Crippen LogP contribution in [0.3, 0.4) is 0 Å². The standard InChI is InChI=1S/C30H22N8O2S2/c39-29(33-31-17-23-19-37(25-13-7-15-41-25)35-27(23)21-9-3-1-4-10-21)30(40)34-32-18-24-20-38(26-14-8-16-42-26)36-28(24)22-11-5-2-6-12-22/h1-20H,(H,33,39)(H,34,40). The number of aromatic nitrogens is 4. The third-order valence-corrected chi connectivity index (χ3v) is 7.70. The van der Waals surface area contributed by atoms with Crippen molar-refractivity contribution in [3.63, 3.8) is 0 Å². The Balaban J connectivity index is 1.14. The highest BCUT2D eigenvalue weighted by atomic mass is 32.1. The topological polar surface area (TPSA) is 119 Å². The van der Waals surface area contributed by atoms with Gasteiger partial charge in [0.1, 0.15) is 21.4 Å². The number of nitrogens with one attached hydrogen (secondary N) is 2. The maximum Gasteiger partial charge on any atom is 0.331 e. The van der Waals surface area contributed by atoms with Crippen molar-refractivity contribution in [2.75, 3.05) is 0 Å². The van der Waals surface area contributed by atoms with Gasteiger partial charge in [0.15, 0.2) is 0 Å². The zero-order chi connectivity index (χ0) is 28.7. The molecule has 0 fully saturated rings. The van der Waals surface area contributed by atoms with Gasteiger partial charge in [-0.1, -0.05) is 60.7 Å². The van der Waals surface area contributed by atoms with Gasteiger partial charge in [0.2, 0.25) is 0 Å². The molecule has 0 aliphatic carbocycles. The summed E-state index contributed by atoms with van der Waals surface area (Å²) in [6.45, 7) is 0. The molecule has 12 heteroatoms. The Hall–Kier alpha value is -5.46. The maximum atomic E-state index is 12.4. The Labute approximate surface area is 248 Å². The Bertz CT molecular complexity index is 1720. The number of hydrogen-bond donors (Lipinski definition) is 2. The van der Waals surface area contributed by atoms with Crippen molar-refractivity contribution in [2.24, 2.45) is 10.2 Å². The number of amides is 2. The summed E-state index contributed by atoms with van der Waals surface area (Å²) >= 11 is 3.09. The number of rotatable bonds is 8. The number of hydrazone groups is 2. The molecule has 0 aliphatic rings. The summed E-state index contributed by atoms with van der Waals surface area (Å²) in [6, 6.07) is 27.1. The largest absolute Gasteiger partial charge is 0.331 e. The lowest BCUT2D eigenvalue weighted by molar-refractivity contribution is -0.139. The van der Waals surface area contributed by atoms with E-state index in [1.807, 2.05) is 108 Å². The van der Waals surface area contributed by atoms with Crippen molar-refractivity contribution in [2.45, 2.75) is 0 Å². The molecule has 0 spiro atoms. The maximum absolute atomic E-state index is 12.4. The van der Waals surface area contributed by atoms with Crippen LogP contribution in [0.15, 0.2) is 118 Å². The van der Waals surface area contributed by atoms with Crippen LogP contribution in [-0.4, -0.2) is 43.8 Å². The van der Waals surface area contributed by atoms with Crippen molar-refractivity contribution in [1.29, 1.82) is 0 Å². The van der Waals surface area contributed by atoms with Gasteiger partial charge in [0.05, 0.1) is 12.4 Å². The van der Waals surface area contributed by atoms with Crippen LogP contribution in [0.25, 0.3) is 32.5 Å². The van der Waals surface area contributed by atoms with E-state index in [1.54, 1.807) is 32.0 Å². The number of hydrogen-bond acceptors (Lipinski definition) is 8. The quantitative estimate of drug-likeness (QED) is 0.145. The monoisotopic (exact) mass is 590 g/mol. The van der Waals surface area contributed by atoms with Crippen LogP contribution in [0.5, 0.6) is 0 Å². The lowest BCUT2D eigenvalue weighted by Gasteiger charge is -2.00. The molecule has 2 aromatic carbocycles. The molecule has 0 aliphatic heterocycles. The predicted molar refractivity (Wildman–Crippen MR) is 165 cm³/mol. The summed E-state index contributed by atoms with van der Waals surface area (Å²) in [7, 11) is 0. The minimum atomic E-state index is -0.965. The Morgan fingerprint density at radius 2 is 1.05 bits per heavy atom. The van der Waals surface area contributed by atoms with Crippen LogP contribution in [0.2, 0.25) is 0 Å². The Kier molecular flexibility index (Phi) is 7.88. The van der Waals surface area contributed by atoms with Gasteiger partial charge in [-0.15, -0.1) is 22.7 Å². The molecular weight excluding hydrogens is 569 g/mol. The molecule has 4 aromatic heterocycles. The van der Waals surface area contributed by atoms with Crippen molar-refractivity contribution in [3.8, 4) is 32.5 Å². The average Bonchev–Trinajstić information content (AvgIpc) is 3.85. The van der Waals surface area contributed by atoms with E-state index in [2.05, 4.69) is 21.1 Å². The van der Waals surface area contributed by atoms with E-state index >= 15 is 0 Å². The molecule has 0 radical (unpaired) electrons. The summed E-state index contributed by atoms with van der Waals surface area (Å²) in [4.78, 5) is 24.9. The molecule has 0 saturated carbocycles. The van der Waals surface area contributed by atoms with Crippen LogP contribution in [0.1, 0.15) is 11.1 Å². The lowest BCUT2D eigenvalue weighted by Crippen LogP contribution is -2.35. The number of carbonyl (C=O) groups excluding carboxylic acids is 2. The summed E-state index contributed by atoms with van der Waals surface area (Å²) in [5, 5.41) is 23.2. The SMILES string of the molecule is O=C(NN=Cc1cn(-c2cccs2)nc1-c1ccccc1)C(=O)NN=Cc1cn(-c2cccs2)nc1-c1ccccc1. The smallest absolute Gasteiger partial charge is 0.262 e. The first kappa shape index (κ1) is 26.7. The third-order valence-electron chi connectivity index (χ3n) is 5.99. The summed E-state index contributed by atoms with van der Waals surface area (Å²) < 4.78 is 3.50. The van der Waals surface area contributed by atoms with Gasteiger partial charge in [-0.2, -0.15) is 20.4 Å². The van der Waals surface area contributed by atoms with E-state index < -0.39 is 11.8 Å². The third kappa shape index (κ3) is 5.99. The second-order valence-corrected chi connectivity index (χ2v) is 10.6. The minimum absolute atomic E-state index is 0.671. The molecule has 6 rings (SSSR count). The highest BCUT2D eigenvalue weighted by Crippen LogP contribution is 2.25. The van der Waals surface area contributed by atoms with Crippen molar-refractivity contribution < 1.29 is 9.59 Å². The fourth-order valence-electron chi connectivity index (χ4n) is 4.05. The summed E-state index contributed by atoms with van der Waals surface area (Å²) in [5.41, 5.74) is 9.02. The molecule has 42 heavy (non-hydrogen) atoms. The first-order valence-corrected chi connectivity index (χ1v) is 14.5. The molecule has 2 amide bonds. The van der Waals surface area contributed by atoms with Crippen LogP contribution in [0.4, 0.5) is 0 Å². The highest BCUT2D eigenvalue weighted by Gasteiger charge is 2.15. The molecule has 10 nitrogen and oxygen atoms in total. The van der Waals surface area contributed by atoms with Crippen LogP contribution < -0.4 is 10.9 Å². The number of thiophene rings is 2. The van der Waals surface area contributed by atoms with E-state index in [0.717, 1.165) is 21.1 Å². The fourth-order valence-corrected chi connectivity index (χ4v) is 5.36. The van der Waals surface area contributed by atoms with E-state index in [0.29, 0.717) is 22.5 Å². The van der Waals surface area contributed by atoms with Crippen molar-refractivity contribution in [1.82, 2.24) is 30.4 Å². The molecule has 2 N–H and O–H groups in total.